The number of amides is 2. The molecule has 0 aliphatic carbocycles. The van der Waals surface area contributed by atoms with Crippen molar-refractivity contribution in [3.05, 3.63) is 65.8 Å². The third-order valence-corrected chi connectivity index (χ3v) is 5.55. The number of carbonyl (C=O) groups is 2. The molecule has 0 atom stereocenters. The van der Waals surface area contributed by atoms with Gasteiger partial charge in [-0.05, 0) is 24.1 Å². The van der Waals surface area contributed by atoms with Crippen molar-refractivity contribution in [1.29, 1.82) is 0 Å². The Morgan fingerprint density at radius 3 is 2.81 bits per heavy atom. The lowest BCUT2D eigenvalue weighted by Gasteiger charge is -2.30. The maximum Gasteiger partial charge on any atom is 0.305 e. The molecule has 0 saturated carbocycles. The number of hydrogen-bond donors (Lipinski definition) is 2. The van der Waals surface area contributed by atoms with Crippen molar-refractivity contribution < 1.29 is 14.0 Å². The average molecular weight is 418 g/mol. The third-order valence-electron chi connectivity index (χ3n) is 5.55. The number of nitrogens with zero attached hydrogens (tertiary/aromatic N) is 4. The number of anilines is 3. The lowest BCUT2D eigenvalue weighted by molar-refractivity contribution is 0.0963. The third kappa shape index (κ3) is 3.75. The van der Waals surface area contributed by atoms with Gasteiger partial charge in [0.25, 0.3) is 11.8 Å². The van der Waals surface area contributed by atoms with Gasteiger partial charge in [-0.15, -0.1) is 0 Å². The Labute approximate surface area is 179 Å². The molecule has 2 aliphatic rings. The molecule has 1 aromatic carbocycles. The highest BCUT2D eigenvalue weighted by Gasteiger charge is 2.29. The van der Waals surface area contributed by atoms with Crippen LogP contribution in [-0.4, -0.2) is 54.5 Å². The van der Waals surface area contributed by atoms with Crippen molar-refractivity contribution in [2.75, 3.05) is 47.8 Å². The first-order valence-corrected chi connectivity index (χ1v) is 10.3. The second-order valence-electron chi connectivity index (χ2n) is 7.46. The lowest BCUT2D eigenvalue weighted by atomic mass is 9.99. The van der Waals surface area contributed by atoms with Crippen molar-refractivity contribution in [2.24, 2.45) is 0 Å². The van der Waals surface area contributed by atoms with Crippen LogP contribution in [0.25, 0.3) is 0 Å². The number of piperazine rings is 1. The molecule has 1 saturated heterocycles. The van der Waals surface area contributed by atoms with Crippen LogP contribution < -0.4 is 20.4 Å². The van der Waals surface area contributed by atoms with E-state index in [1.54, 1.807) is 18.5 Å². The van der Waals surface area contributed by atoms with Crippen LogP contribution in [0.1, 0.15) is 26.5 Å². The van der Waals surface area contributed by atoms with Crippen LogP contribution in [0.4, 0.5) is 17.4 Å². The fourth-order valence-corrected chi connectivity index (χ4v) is 3.95. The normalized spacial score (nSPS) is 16.2. The van der Waals surface area contributed by atoms with E-state index in [0.717, 1.165) is 37.4 Å². The summed E-state index contributed by atoms with van der Waals surface area (Å²) in [6.07, 6.45) is 5.38. The van der Waals surface area contributed by atoms with Crippen molar-refractivity contribution in [3.8, 4) is 0 Å². The average Bonchev–Trinajstić information content (AvgIpc) is 3.31. The summed E-state index contributed by atoms with van der Waals surface area (Å²) in [4.78, 5) is 37.6. The largest absolute Gasteiger partial charge is 0.418 e. The molecule has 0 spiro atoms. The van der Waals surface area contributed by atoms with E-state index >= 15 is 0 Å². The number of aromatic nitrogens is 2. The van der Waals surface area contributed by atoms with Gasteiger partial charge in [0.05, 0.1) is 23.8 Å². The van der Waals surface area contributed by atoms with Gasteiger partial charge in [0.1, 0.15) is 0 Å². The second-order valence-corrected chi connectivity index (χ2v) is 7.46. The molecule has 9 nitrogen and oxygen atoms in total. The number of benzene rings is 1. The van der Waals surface area contributed by atoms with Crippen LogP contribution in [0.3, 0.4) is 0 Å². The van der Waals surface area contributed by atoms with E-state index in [1.807, 2.05) is 24.3 Å². The van der Waals surface area contributed by atoms with Crippen LogP contribution in [0.2, 0.25) is 0 Å². The molecular weight excluding hydrogens is 396 g/mol. The molecule has 2 N–H and O–H groups in total. The highest BCUT2D eigenvalue weighted by molar-refractivity contribution is 6.08. The van der Waals surface area contributed by atoms with Crippen LogP contribution in [0.15, 0.2) is 53.3 Å². The van der Waals surface area contributed by atoms with Crippen LogP contribution in [0.5, 0.6) is 0 Å². The highest BCUT2D eigenvalue weighted by Crippen LogP contribution is 2.27. The number of fused-ring (bicyclic) bond motifs is 1. The second kappa shape index (κ2) is 8.19. The monoisotopic (exact) mass is 418 g/mol. The smallest absolute Gasteiger partial charge is 0.305 e. The van der Waals surface area contributed by atoms with E-state index in [2.05, 4.69) is 25.5 Å². The zero-order chi connectivity index (χ0) is 21.2. The molecule has 0 radical (unpaired) electrons. The minimum atomic E-state index is -0.437. The summed E-state index contributed by atoms with van der Waals surface area (Å²) in [6.45, 7) is 3.91. The minimum Gasteiger partial charge on any atom is -0.418 e. The number of oxazole rings is 1. The Hall–Kier alpha value is -3.72. The molecule has 158 valence electrons. The molecule has 2 amide bonds. The molecule has 1 fully saturated rings. The van der Waals surface area contributed by atoms with Gasteiger partial charge in [-0.25, -0.2) is 4.98 Å². The van der Waals surface area contributed by atoms with Gasteiger partial charge in [-0.2, -0.15) is 0 Å². The first-order valence-electron chi connectivity index (χ1n) is 10.3. The molecular formula is C22H22N6O3. The standard InChI is InChI=1S/C22H22N6O3/c29-20(26-17-13-24-7-5-18(17)27-11-8-23-9-12-27)19-14-25-22(31-19)28-10-6-15-3-1-2-4-16(15)21(28)30/h1-5,7,13-14,23H,6,8-12H2,(H,26,29). The zero-order valence-electron chi connectivity index (χ0n) is 16.9. The molecule has 31 heavy (non-hydrogen) atoms. The van der Waals surface area contributed by atoms with Crippen molar-refractivity contribution in [1.82, 2.24) is 15.3 Å². The summed E-state index contributed by atoms with van der Waals surface area (Å²) in [6, 6.07) is 9.50. The summed E-state index contributed by atoms with van der Waals surface area (Å²) >= 11 is 0. The van der Waals surface area contributed by atoms with Gasteiger partial charge in [0.2, 0.25) is 5.76 Å². The van der Waals surface area contributed by atoms with E-state index in [0.29, 0.717) is 24.2 Å². The van der Waals surface area contributed by atoms with E-state index in [9.17, 15) is 9.59 Å². The number of rotatable bonds is 4. The van der Waals surface area contributed by atoms with E-state index in [1.165, 1.54) is 11.1 Å². The van der Waals surface area contributed by atoms with E-state index in [-0.39, 0.29) is 17.7 Å². The first-order chi connectivity index (χ1) is 15.2. The molecule has 2 aromatic heterocycles. The first kappa shape index (κ1) is 19.3. The summed E-state index contributed by atoms with van der Waals surface area (Å²) in [5.41, 5.74) is 3.15. The van der Waals surface area contributed by atoms with E-state index in [4.69, 9.17) is 4.42 Å². The van der Waals surface area contributed by atoms with E-state index < -0.39 is 5.91 Å². The lowest BCUT2D eigenvalue weighted by Crippen LogP contribution is -2.43. The van der Waals surface area contributed by atoms with Crippen molar-refractivity contribution >= 4 is 29.2 Å². The van der Waals surface area contributed by atoms with Crippen LogP contribution in [-0.2, 0) is 6.42 Å². The summed E-state index contributed by atoms with van der Waals surface area (Å²) in [7, 11) is 0. The summed E-state index contributed by atoms with van der Waals surface area (Å²) in [5.74, 6) is -0.575. The predicted molar refractivity (Wildman–Crippen MR) is 116 cm³/mol. The topological polar surface area (TPSA) is 104 Å². The number of carbonyl (C=O) groups excluding carboxylic acids is 2. The van der Waals surface area contributed by atoms with Gasteiger partial charge in [0.15, 0.2) is 0 Å². The summed E-state index contributed by atoms with van der Waals surface area (Å²) in [5, 5.41) is 6.18. The molecule has 4 heterocycles. The number of hydrogen-bond acceptors (Lipinski definition) is 7. The van der Waals surface area contributed by atoms with Crippen molar-refractivity contribution in [3.63, 3.8) is 0 Å². The minimum absolute atomic E-state index is 0.0387. The quantitative estimate of drug-likeness (QED) is 0.667. The van der Waals surface area contributed by atoms with Gasteiger partial charge < -0.3 is 20.0 Å². The van der Waals surface area contributed by atoms with Gasteiger partial charge in [-0.1, -0.05) is 18.2 Å². The molecule has 3 aromatic rings. The molecule has 0 unspecified atom stereocenters. The fourth-order valence-electron chi connectivity index (χ4n) is 3.95. The van der Waals surface area contributed by atoms with Crippen molar-refractivity contribution in [2.45, 2.75) is 6.42 Å². The summed E-state index contributed by atoms with van der Waals surface area (Å²) < 4.78 is 5.67. The Kier molecular flexibility index (Phi) is 5.09. The Balaban J connectivity index is 1.33. The maximum absolute atomic E-state index is 12.8. The highest BCUT2D eigenvalue weighted by atomic mass is 16.4. The Morgan fingerprint density at radius 2 is 1.94 bits per heavy atom. The molecule has 9 heteroatoms. The maximum atomic E-state index is 12.8. The van der Waals surface area contributed by atoms with Crippen LogP contribution >= 0.6 is 0 Å². The molecule has 5 rings (SSSR count). The molecule has 2 aliphatic heterocycles. The Morgan fingerprint density at radius 1 is 1.10 bits per heavy atom. The fraction of sp³-hybridized carbons (Fsp3) is 0.273. The van der Waals surface area contributed by atoms with Crippen LogP contribution in [0, 0.1) is 0 Å². The van der Waals surface area contributed by atoms with Gasteiger partial charge in [-0.3, -0.25) is 19.5 Å². The van der Waals surface area contributed by atoms with Gasteiger partial charge >= 0.3 is 6.01 Å². The Bertz CT molecular complexity index is 1120. The number of pyridine rings is 1. The number of nitrogens with one attached hydrogen (secondary N) is 2. The van der Waals surface area contributed by atoms with Gasteiger partial charge in [0, 0.05) is 44.5 Å². The molecule has 0 bridgehead atoms. The SMILES string of the molecule is O=C(Nc1cnccc1N1CCNCC1)c1cnc(N2CCc3ccccc3C2=O)o1. The zero-order valence-corrected chi connectivity index (χ0v) is 16.9. The predicted octanol–water partition coefficient (Wildman–Crippen LogP) is 1.93.